The minimum Gasteiger partial charge on any atom is -0.368 e. The van der Waals surface area contributed by atoms with Gasteiger partial charge in [-0.05, 0) is 49.9 Å². The molecule has 8 nitrogen and oxygen atoms in total. The zero-order valence-electron chi connectivity index (χ0n) is 16.2. The lowest BCUT2D eigenvalue weighted by molar-refractivity contribution is -0.124. The van der Waals surface area contributed by atoms with Gasteiger partial charge in [-0.3, -0.25) is 9.59 Å². The molecule has 2 amide bonds. The molecular weight excluding hydrogens is 370 g/mol. The molecule has 1 aromatic heterocycles. The van der Waals surface area contributed by atoms with Gasteiger partial charge < -0.3 is 20.7 Å². The summed E-state index contributed by atoms with van der Waals surface area (Å²) in [5.74, 6) is 0.178. The first-order valence-corrected chi connectivity index (χ1v) is 10.0. The molecule has 29 heavy (non-hydrogen) atoms. The van der Waals surface area contributed by atoms with Crippen molar-refractivity contribution in [1.29, 1.82) is 0 Å². The second-order valence-electron chi connectivity index (χ2n) is 7.50. The van der Waals surface area contributed by atoms with Gasteiger partial charge in [-0.15, -0.1) is 0 Å². The molecule has 0 radical (unpaired) electrons. The number of hydrogen-bond donors (Lipinski definition) is 2. The number of rotatable bonds is 4. The van der Waals surface area contributed by atoms with Crippen LogP contribution in [-0.2, 0) is 9.53 Å². The van der Waals surface area contributed by atoms with Gasteiger partial charge in [0.25, 0.3) is 11.8 Å². The van der Waals surface area contributed by atoms with Gasteiger partial charge in [-0.2, -0.15) is 0 Å². The molecular formula is C21H25N5O3. The molecule has 2 unspecified atom stereocenters. The molecule has 4 rings (SSSR count). The number of aromatic nitrogens is 2. The van der Waals surface area contributed by atoms with Crippen LogP contribution in [0.15, 0.2) is 36.5 Å². The summed E-state index contributed by atoms with van der Waals surface area (Å²) in [7, 11) is 0. The Balaban J connectivity index is 1.44. The Morgan fingerprint density at radius 3 is 2.90 bits per heavy atom. The topological polar surface area (TPSA) is 110 Å². The molecule has 2 aliphatic heterocycles. The summed E-state index contributed by atoms with van der Waals surface area (Å²) in [4.78, 5) is 35.4. The van der Waals surface area contributed by atoms with Gasteiger partial charge in [0.05, 0.1) is 5.69 Å². The van der Waals surface area contributed by atoms with E-state index >= 15 is 0 Å². The smallest absolute Gasteiger partial charge is 0.253 e. The van der Waals surface area contributed by atoms with Crippen molar-refractivity contribution in [3.8, 4) is 0 Å². The summed E-state index contributed by atoms with van der Waals surface area (Å²) >= 11 is 0. The number of nitrogens with zero attached hydrogens (tertiary/aromatic N) is 3. The van der Waals surface area contributed by atoms with E-state index in [0.717, 1.165) is 31.4 Å². The lowest BCUT2D eigenvalue weighted by atomic mass is 9.94. The molecule has 3 heterocycles. The predicted octanol–water partition coefficient (Wildman–Crippen LogP) is 2.20. The summed E-state index contributed by atoms with van der Waals surface area (Å²) in [5.41, 5.74) is 7.73. The van der Waals surface area contributed by atoms with E-state index in [4.69, 9.17) is 10.5 Å². The van der Waals surface area contributed by atoms with E-state index in [1.54, 1.807) is 30.5 Å². The van der Waals surface area contributed by atoms with E-state index in [1.807, 2.05) is 11.0 Å². The maximum Gasteiger partial charge on any atom is 0.253 e. The van der Waals surface area contributed by atoms with Crippen LogP contribution >= 0.6 is 0 Å². The number of likely N-dealkylation sites (tertiary alicyclic amines) is 1. The van der Waals surface area contributed by atoms with E-state index in [-0.39, 0.29) is 23.7 Å². The van der Waals surface area contributed by atoms with Gasteiger partial charge in [-0.25, -0.2) is 9.97 Å². The summed E-state index contributed by atoms with van der Waals surface area (Å²) in [5, 5.41) is 2.86. The van der Waals surface area contributed by atoms with E-state index < -0.39 is 6.10 Å². The molecule has 2 aromatic rings. The molecule has 2 fully saturated rings. The van der Waals surface area contributed by atoms with E-state index in [9.17, 15) is 9.59 Å². The number of carbonyl (C=O) groups is 2. The molecule has 0 aliphatic carbocycles. The van der Waals surface area contributed by atoms with Crippen LogP contribution in [0.1, 0.15) is 47.7 Å². The van der Waals surface area contributed by atoms with Gasteiger partial charge in [0.2, 0.25) is 5.95 Å². The van der Waals surface area contributed by atoms with Crippen molar-refractivity contribution in [2.24, 2.45) is 0 Å². The number of nitrogens with two attached hydrogens (primary N) is 1. The second kappa shape index (κ2) is 8.57. The average Bonchev–Trinajstić information content (AvgIpc) is 3.29. The van der Waals surface area contributed by atoms with Gasteiger partial charge in [-0.1, -0.05) is 6.07 Å². The summed E-state index contributed by atoms with van der Waals surface area (Å²) in [6, 6.07) is 8.92. The Labute approximate surface area is 169 Å². The summed E-state index contributed by atoms with van der Waals surface area (Å²) in [6.45, 7) is 1.90. The highest BCUT2D eigenvalue weighted by molar-refractivity contribution is 5.98. The first kappa shape index (κ1) is 19.3. The number of piperidine rings is 1. The number of benzene rings is 1. The molecule has 152 valence electrons. The number of carbonyl (C=O) groups excluding carboxylic acids is 2. The number of ether oxygens (including phenoxy) is 1. The lowest BCUT2D eigenvalue weighted by Crippen LogP contribution is -2.39. The SMILES string of the molecule is Nc1nccc(C2CCCN(C(=O)c3cccc(NC(=O)C4CCCO4)c3)C2)n1. The highest BCUT2D eigenvalue weighted by Gasteiger charge is 2.27. The normalized spacial score (nSPS) is 21.7. The van der Waals surface area contributed by atoms with Crippen LogP contribution in [0.4, 0.5) is 11.6 Å². The van der Waals surface area contributed by atoms with Crippen molar-refractivity contribution in [2.75, 3.05) is 30.7 Å². The average molecular weight is 395 g/mol. The number of anilines is 2. The monoisotopic (exact) mass is 395 g/mol. The van der Waals surface area contributed by atoms with Gasteiger partial charge in [0, 0.05) is 43.1 Å². The molecule has 1 aromatic carbocycles. The van der Waals surface area contributed by atoms with Crippen LogP contribution in [0, 0.1) is 0 Å². The maximum absolute atomic E-state index is 13.1. The third kappa shape index (κ3) is 4.54. The molecule has 0 bridgehead atoms. The van der Waals surface area contributed by atoms with Crippen LogP contribution in [-0.4, -0.2) is 52.5 Å². The zero-order valence-corrected chi connectivity index (χ0v) is 16.2. The molecule has 2 saturated heterocycles. The Kier molecular flexibility index (Phi) is 5.71. The van der Waals surface area contributed by atoms with Crippen LogP contribution in [0.5, 0.6) is 0 Å². The lowest BCUT2D eigenvalue weighted by Gasteiger charge is -2.32. The van der Waals surface area contributed by atoms with Crippen molar-refractivity contribution < 1.29 is 14.3 Å². The van der Waals surface area contributed by atoms with Crippen molar-refractivity contribution in [1.82, 2.24) is 14.9 Å². The van der Waals surface area contributed by atoms with Crippen LogP contribution in [0.25, 0.3) is 0 Å². The van der Waals surface area contributed by atoms with Crippen LogP contribution in [0.3, 0.4) is 0 Å². The van der Waals surface area contributed by atoms with Crippen LogP contribution in [0.2, 0.25) is 0 Å². The second-order valence-corrected chi connectivity index (χ2v) is 7.50. The fourth-order valence-electron chi connectivity index (χ4n) is 3.94. The van der Waals surface area contributed by atoms with Crippen molar-refractivity contribution in [2.45, 2.75) is 37.7 Å². The zero-order chi connectivity index (χ0) is 20.2. The highest BCUT2D eigenvalue weighted by atomic mass is 16.5. The van der Waals surface area contributed by atoms with E-state index in [1.165, 1.54) is 0 Å². The molecule has 3 N–H and O–H groups in total. The molecule has 0 spiro atoms. The highest BCUT2D eigenvalue weighted by Crippen LogP contribution is 2.27. The Bertz CT molecular complexity index is 897. The molecule has 2 atom stereocenters. The van der Waals surface area contributed by atoms with Crippen molar-refractivity contribution in [3.63, 3.8) is 0 Å². The fraction of sp³-hybridized carbons (Fsp3) is 0.429. The van der Waals surface area contributed by atoms with Gasteiger partial charge >= 0.3 is 0 Å². The van der Waals surface area contributed by atoms with Crippen molar-refractivity contribution in [3.05, 3.63) is 47.8 Å². The Morgan fingerprint density at radius 2 is 2.10 bits per heavy atom. The van der Waals surface area contributed by atoms with E-state index in [0.29, 0.717) is 30.9 Å². The minimum absolute atomic E-state index is 0.0510. The third-order valence-corrected chi connectivity index (χ3v) is 5.42. The minimum atomic E-state index is -0.405. The number of hydrogen-bond acceptors (Lipinski definition) is 6. The molecule has 8 heteroatoms. The first-order valence-electron chi connectivity index (χ1n) is 10.0. The van der Waals surface area contributed by atoms with Crippen molar-refractivity contribution >= 4 is 23.5 Å². The summed E-state index contributed by atoms with van der Waals surface area (Å²) in [6.07, 6.45) is 4.72. The molecule has 2 aliphatic rings. The molecule has 0 saturated carbocycles. The number of amides is 2. The van der Waals surface area contributed by atoms with Gasteiger partial charge in [0.1, 0.15) is 6.10 Å². The van der Waals surface area contributed by atoms with E-state index in [2.05, 4.69) is 15.3 Å². The Hall–Kier alpha value is -3.00. The maximum atomic E-state index is 13.1. The number of nitrogen functional groups attached to an aromatic ring is 1. The predicted molar refractivity (Wildman–Crippen MR) is 108 cm³/mol. The first-order chi connectivity index (χ1) is 14.1. The largest absolute Gasteiger partial charge is 0.368 e. The quantitative estimate of drug-likeness (QED) is 0.821. The van der Waals surface area contributed by atoms with Gasteiger partial charge in [0.15, 0.2) is 0 Å². The third-order valence-electron chi connectivity index (χ3n) is 5.42. The Morgan fingerprint density at radius 1 is 1.21 bits per heavy atom. The fourth-order valence-corrected chi connectivity index (χ4v) is 3.94. The summed E-state index contributed by atoms with van der Waals surface area (Å²) < 4.78 is 5.42. The standard InChI is InChI=1S/C21H25N5O3/c22-21-23-9-8-17(25-21)15-5-2-10-26(13-15)20(28)14-4-1-6-16(12-14)24-19(27)18-7-3-11-29-18/h1,4,6,8-9,12,15,18H,2-3,5,7,10-11,13H2,(H,24,27)(H2,22,23,25). The number of nitrogens with one attached hydrogen (secondary N) is 1. The van der Waals surface area contributed by atoms with Crippen LogP contribution < -0.4 is 11.1 Å².